The number of hydrogen-bond acceptors (Lipinski definition) is 5. The predicted octanol–water partition coefficient (Wildman–Crippen LogP) is 2.52. The van der Waals surface area contributed by atoms with Crippen molar-refractivity contribution < 1.29 is 28.6 Å². The molecular formula is C20H21NO6. The number of carboxylic acid groups (broad SMARTS) is 1. The highest BCUT2D eigenvalue weighted by molar-refractivity contribution is 5.93. The first kappa shape index (κ1) is 17.6. The Morgan fingerprint density at radius 3 is 2.89 bits per heavy atom. The molecular weight excluding hydrogens is 350 g/mol. The minimum absolute atomic E-state index is 0.0967. The molecule has 1 N–H and O–H groups in total. The van der Waals surface area contributed by atoms with E-state index < -0.39 is 11.4 Å². The number of rotatable bonds is 4. The Morgan fingerprint density at radius 2 is 2.15 bits per heavy atom. The van der Waals surface area contributed by atoms with Gasteiger partial charge in [0.25, 0.3) is 5.91 Å². The van der Waals surface area contributed by atoms with Crippen LogP contribution < -0.4 is 4.74 Å². The molecule has 0 bridgehead atoms. The SMILES string of the molecule is COc1cccc(-c2ccc(C(=O)N3C[C@@H]4CCOC[C@]4(C(=O)O)C3)o2)c1. The fourth-order valence-corrected chi connectivity index (χ4v) is 3.98. The predicted molar refractivity (Wildman–Crippen MR) is 95.6 cm³/mol. The molecule has 27 heavy (non-hydrogen) atoms. The van der Waals surface area contributed by atoms with Gasteiger partial charge in [-0.1, -0.05) is 12.1 Å². The molecule has 2 aliphatic rings. The zero-order valence-corrected chi connectivity index (χ0v) is 15.0. The first-order valence-corrected chi connectivity index (χ1v) is 8.88. The van der Waals surface area contributed by atoms with Crippen molar-refractivity contribution in [3.8, 4) is 17.1 Å². The first-order chi connectivity index (χ1) is 13.0. The number of carboxylic acids is 1. The van der Waals surface area contributed by atoms with E-state index >= 15 is 0 Å². The standard InChI is InChI=1S/C20H21NO6/c1-25-15-4-2-3-13(9-15)16-5-6-17(27-16)18(22)21-10-14-7-8-26-12-20(14,11-21)19(23)24/h2-6,9,14H,7-8,10-12H2,1H3,(H,23,24)/t14-,20+/m0/s1. The van der Waals surface area contributed by atoms with Gasteiger partial charge in [0, 0.05) is 25.3 Å². The molecule has 142 valence electrons. The lowest BCUT2D eigenvalue weighted by atomic mass is 9.76. The van der Waals surface area contributed by atoms with E-state index in [-0.39, 0.29) is 30.7 Å². The molecule has 0 radical (unpaired) electrons. The van der Waals surface area contributed by atoms with Crippen molar-refractivity contribution in [3.05, 3.63) is 42.2 Å². The second kappa shape index (κ2) is 6.74. The molecule has 0 spiro atoms. The molecule has 3 heterocycles. The Hall–Kier alpha value is -2.80. The number of carbonyl (C=O) groups excluding carboxylic acids is 1. The number of furan rings is 1. The average molecular weight is 371 g/mol. The van der Waals surface area contributed by atoms with Crippen LogP contribution in [-0.2, 0) is 9.53 Å². The zero-order valence-electron chi connectivity index (χ0n) is 15.0. The molecule has 0 aliphatic carbocycles. The van der Waals surface area contributed by atoms with Gasteiger partial charge in [-0.15, -0.1) is 0 Å². The average Bonchev–Trinajstić information content (AvgIpc) is 3.33. The molecule has 2 atom stereocenters. The summed E-state index contributed by atoms with van der Waals surface area (Å²) < 4.78 is 16.4. The number of hydrogen-bond donors (Lipinski definition) is 1. The van der Waals surface area contributed by atoms with Gasteiger partial charge in [-0.2, -0.15) is 0 Å². The number of likely N-dealkylation sites (tertiary alicyclic amines) is 1. The molecule has 7 nitrogen and oxygen atoms in total. The first-order valence-electron chi connectivity index (χ1n) is 8.88. The summed E-state index contributed by atoms with van der Waals surface area (Å²) in [6.07, 6.45) is 0.642. The quantitative estimate of drug-likeness (QED) is 0.888. The van der Waals surface area contributed by atoms with Crippen LogP contribution in [0.1, 0.15) is 17.0 Å². The molecule has 1 aromatic heterocycles. The highest BCUT2D eigenvalue weighted by Crippen LogP contribution is 2.42. The Labute approximate surface area is 156 Å². The van der Waals surface area contributed by atoms with Gasteiger partial charge in [-0.3, -0.25) is 9.59 Å². The Bertz CT molecular complexity index is 875. The summed E-state index contributed by atoms with van der Waals surface area (Å²) in [5, 5.41) is 9.72. The molecule has 2 aromatic rings. The van der Waals surface area contributed by atoms with Crippen LogP contribution >= 0.6 is 0 Å². The minimum atomic E-state index is -1.02. The summed E-state index contributed by atoms with van der Waals surface area (Å²) >= 11 is 0. The summed E-state index contributed by atoms with van der Waals surface area (Å²) in [4.78, 5) is 26.3. The molecule has 2 aliphatic heterocycles. The number of aliphatic carboxylic acids is 1. The molecule has 1 amide bonds. The molecule has 2 saturated heterocycles. The van der Waals surface area contributed by atoms with Crippen LogP contribution in [0.15, 0.2) is 40.8 Å². The molecule has 2 fully saturated rings. The molecule has 4 rings (SSSR count). The Morgan fingerprint density at radius 1 is 1.30 bits per heavy atom. The highest BCUT2D eigenvalue weighted by Gasteiger charge is 2.55. The van der Waals surface area contributed by atoms with E-state index in [0.29, 0.717) is 31.1 Å². The van der Waals surface area contributed by atoms with Crippen molar-refractivity contribution in [2.75, 3.05) is 33.4 Å². The summed E-state index contributed by atoms with van der Waals surface area (Å²) in [5.74, 6) is 0.167. The van der Waals surface area contributed by atoms with Gasteiger partial charge >= 0.3 is 5.97 Å². The van der Waals surface area contributed by atoms with E-state index in [1.165, 1.54) is 0 Å². The van der Waals surface area contributed by atoms with E-state index in [1.54, 1.807) is 24.1 Å². The maximum Gasteiger partial charge on any atom is 0.314 e. The van der Waals surface area contributed by atoms with Crippen molar-refractivity contribution >= 4 is 11.9 Å². The second-order valence-electron chi connectivity index (χ2n) is 7.08. The van der Waals surface area contributed by atoms with Crippen LogP contribution in [0.25, 0.3) is 11.3 Å². The Balaban J connectivity index is 1.55. The number of benzene rings is 1. The second-order valence-corrected chi connectivity index (χ2v) is 7.08. The van der Waals surface area contributed by atoms with Gasteiger partial charge in [0.15, 0.2) is 5.76 Å². The lowest BCUT2D eigenvalue weighted by Gasteiger charge is -2.33. The summed E-state index contributed by atoms with van der Waals surface area (Å²) in [6.45, 7) is 1.22. The monoisotopic (exact) mass is 371 g/mol. The van der Waals surface area contributed by atoms with Gasteiger partial charge in [0.2, 0.25) is 0 Å². The number of ether oxygens (including phenoxy) is 2. The van der Waals surface area contributed by atoms with Crippen LogP contribution in [-0.4, -0.2) is 55.3 Å². The zero-order chi connectivity index (χ0) is 19.0. The van der Waals surface area contributed by atoms with Gasteiger partial charge in [0.05, 0.1) is 13.7 Å². The molecule has 0 unspecified atom stereocenters. The van der Waals surface area contributed by atoms with Crippen LogP contribution in [0.4, 0.5) is 0 Å². The van der Waals surface area contributed by atoms with Crippen molar-refractivity contribution in [1.29, 1.82) is 0 Å². The van der Waals surface area contributed by atoms with Crippen LogP contribution in [0.5, 0.6) is 5.75 Å². The van der Waals surface area contributed by atoms with Crippen LogP contribution in [0.2, 0.25) is 0 Å². The van der Waals surface area contributed by atoms with E-state index in [0.717, 1.165) is 5.56 Å². The molecule has 7 heteroatoms. The number of fused-ring (bicyclic) bond motifs is 1. The maximum absolute atomic E-state index is 12.9. The summed E-state index contributed by atoms with van der Waals surface area (Å²) in [5.41, 5.74) is -0.213. The molecule has 0 saturated carbocycles. The third-order valence-corrected chi connectivity index (χ3v) is 5.55. The largest absolute Gasteiger partial charge is 0.497 e. The number of nitrogens with zero attached hydrogens (tertiary/aromatic N) is 1. The lowest BCUT2D eigenvalue weighted by Crippen LogP contribution is -2.46. The van der Waals surface area contributed by atoms with Crippen LogP contribution in [0, 0.1) is 11.3 Å². The number of amides is 1. The number of carbonyl (C=O) groups is 2. The van der Waals surface area contributed by atoms with Gasteiger partial charge < -0.3 is 23.9 Å². The third kappa shape index (κ3) is 2.98. The lowest BCUT2D eigenvalue weighted by molar-refractivity contribution is -0.159. The van der Waals surface area contributed by atoms with E-state index in [2.05, 4.69) is 0 Å². The fourth-order valence-electron chi connectivity index (χ4n) is 3.98. The fraction of sp³-hybridized carbons (Fsp3) is 0.400. The van der Waals surface area contributed by atoms with Gasteiger partial charge in [-0.25, -0.2) is 0 Å². The van der Waals surface area contributed by atoms with Gasteiger partial charge in [0.1, 0.15) is 16.9 Å². The highest BCUT2D eigenvalue weighted by atomic mass is 16.5. The summed E-state index contributed by atoms with van der Waals surface area (Å²) in [7, 11) is 1.59. The van der Waals surface area contributed by atoms with Crippen LogP contribution in [0.3, 0.4) is 0 Å². The Kier molecular flexibility index (Phi) is 4.39. The van der Waals surface area contributed by atoms with E-state index in [9.17, 15) is 14.7 Å². The van der Waals surface area contributed by atoms with Crippen molar-refractivity contribution in [1.82, 2.24) is 4.90 Å². The molecule has 1 aromatic carbocycles. The maximum atomic E-state index is 12.9. The van der Waals surface area contributed by atoms with Crippen molar-refractivity contribution in [3.63, 3.8) is 0 Å². The van der Waals surface area contributed by atoms with Crippen molar-refractivity contribution in [2.45, 2.75) is 6.42 Å². The smallest absolute Gasteiger partial charge is 0.314 e. The van der Waals surface area contributed by atoms with E-state index in [4.69, 9.17) is 13.9 Å². The van der Waals surface area contributed by atoms with Crippen molar-refractivity contribution in [2.24, 2.45) is 11.3 Å². The summed E-state index contributed by atoms with van der Waals surface area (Å²) in [6, 6.07) is 10.7. The van der Waals surface area contributed by atoms with E-state index in [1.807, 2.05) is 24.3 Å². The minimum Gasteiger partial charge on any atom is -0.497 e. The normalized spacial score (nSPS) is 24.5. The van der Waals surface area contributed by atoms with Gasteiger partial charge in [-0.05, 0) is 36.6 Å². The third-order valence-electron chi connectivity index (χ3n) is 5.55. The topological polar surface area (TPSA) is 89.2 Å². The number of methoxy groups -OCH3 is 1.